The van der Waals surface area contributed by atoms with Crippen molar-refractivity contribution in [1.29, 1.82) is 0 Å². The van der Waals surface area contributed by atoms with Crippen LogP contribution in [0.1, 0.15) is 34.1 Å². The number of hydrogen-bond donors (Lipinski definition) is 0. The second-order valence-corrected chi connectivity index (χ2v) is 4.70. The van der Waals surface area contributed by atoms with Gasteiger partial charge in [-0.2, -0.15) is 0 Å². The van der Waals surface area contributed by atoms with Crippen LogP contribution in [0, 0.1) is 0 Å². The molecule has 0 aromatic carbocycles. The Kier molecular flexibility index (Phi) is 8.56. The van der Waals surface area contributed by atoms with E-state index in [1.807, 2.05) is 25.9 Å². The first-order valence-corrected chi connectivity index (χ1v) is 6.70. The number of carbonyl (C=O) groups is 2. The van der Waals surface area contributed by atoms with E-state index in [-0.39, 0.29) is 0 Å². The summed E-state index contributed by atoms with van der Waals surface area (Å²) in [7, 11) is 3.80. The van der Waals surface area contributed by atoms with Crippen LogP contribution in [0.15, 0.2) is 23.0 Å². The first-order valence-electron chi connectivity index (χ1n) is 6.70. The van der Waals surface area contributed by atoms with E-state index in [1.54, 1.807) is 26.8 Å². The third kappa shape index (κ3) is 6.52. The van der Waals surface area contributed by atoms with Crippen LogP contribution in [0.4, 0.5) is 0 Å². The van der Waals surface area contributed by atoms with Crippen LogP contribution in [0.25, 0.3) is 0 Å². The van der Waals surface area contributed by atoms with E-state index in [4.69, 9.17) is 9.47 Å². The molecule has 0 aliphatic carbocycles. The van der Waals surface area contributed by atoms with Gasteiger partial charge in [-0.1, -0.05) is 13.0 Å². The van der Waals surface area contributed by atoms with Gasteiger partial charge in [-0.15, -0.1) is 0 Å². The molecule has 5 heteroatoms. The van der Waals surface area contributed by atoms with Gasteiger partial charge in [0.25, 0.3) is 0 Å². The number of ether oxygens (including phenoxy) is 2. The van der Waals surface area contributed by atoms with Crippen molar-refractivity contribution in [2.24, 2.45) is 0 Å². The normalized spacial score (nSPS) is 13.1. The summed E-state index contributed by atoms with van der Waals surface area (Å²) in [5.74, 6) is -0.537. The predicted octanol–water partition coefficient (Wildman–Crippen LogP) is 2.28. The molecule has 0 radical (unpaired) electrons. The number of allylic oxidation sites excluding steroid dienone is 2. The Balaban J connectivity index is 4.72. The van der Waals surface area contributed by atoms with Crippen LogP contribution in [-0.4, -0.2) is 44.1 Å². The van der Waals surface area contributed by atoms with E-state index in [0.29, 0.717) is 36.5 Å². The fourth-order valence-electron chi connectivity index (χ4n) is 1.27. The van der Waals surface area contributed by atoms with Crippen LogP contribution in [-0.2, 0) is 19.1 Å². The van der Waals surface area contributed by atoms with E-state index in [1.165, 1.54) is 0 Å². The molecule has 0 aliphatic rings. The zero-order valence-corrected chi connectivity index (χ0v) is 13.3. The molecular formula is C15H25NO4. The lowest BCUT2D eigenvalue weighted by molar-refractivity contribution is -0.140. The highest BCUT2D eigenvalue weighted by Crippen LogP contribution is 2.14. The molecule has 5 nitrogen and oxygen atoms in total. The minimum atomic E-state index is -0.449. The summed E-state index contributed by atoms with van der Waals surface area (Å²) in [5.41, 5.74) is 0.841. The molecule has 20 heavy (non-hydrogen) atoms. The lowest BCUT2D eigenvalue weighted by Crippen LogP contribution is -2.21. The molecule has 0 aromatic heterocycles. The molecule has 0 atom stereocenters. The van der Waals surface area contributed by atoms with Gasteiger partial charge >= 0.3 is 11.9 Å². The number of rotatable bonds is 7. The number of carbonyl (C=O) groups excluding carboxylic acids is 2. The highest BCUT2D eigenvalue weighted by molar-refractivity contribution is 5.91. The highest BCUT2D eigenvalue weighted by Gasteiger charge is 2.16. The average Bonchev–Trinajstić information content (AvgIpc) is 2.42. The van der Waals surface area contributed by atoms with Gasteiger partial charge in [-0.25, -0.2) is 9.59 Å². The summed E-state index contributed by atoms with van der Waals surface area (Å²) in [6.45, 7) is 7.81. The van der Waals surface area contributed by atoms with E-state index in [2.05, 4.69) is 0 Å². The van der Waals surface area contributed by atoms with Crippen LogP contribution in [0.2, 0.25) is 0 Å². The molecule has 0 saturated carbocycles. The fourth-order valence-corrected chi connectivity index (χ4v) is 1.27. The Morgan fingerprint density at radius 1 is 1.15 bits per heavy atom. The molecular weight excluding hydrogens is 258 g/mol. The first kappa shape index (κ1) is 18.4. The van der Waals surface area contributed by atoms with Crippen molar-refractivity contribution in [3.05, 3.63) is 23.0 Å². The molecule has 0 heterocycles. The van der Waals surface area contributed by atoms with Gasteiger partial charge in [-0.3, -0.25) is 0 Å². The second-order valence-electron chi connectivity index (χ2n) is 4.70. The molecule has 0 bridgehead atoms. The van der Waals surface area contributed by atoms with Gasteiger partial charge in [0.1, 0.15) is 12.4 Å². The Morgan fingerprint density at radius 2 is 1.75 bits per heavy atom. The molecule has 0 aromatic rings. The maximum atomic E-state index is 11.8. The van der Waals surface area contributed by atoms with Crippen molar-refractivity contribution in [2.75, 3.05) is 27.2 Å². The summed E-state index contributed by atoms with van der Waals surface area (Å²) in [6, 6.07) is 0. The van der Waals surface area contributed by atoms with Gasteiger partial charge in [0, 0.05) is 18.5 Å². The maximum absolute atomic E-state index is 11.8. The van der Waals surface area contributed by atoms with Crippen molar-refractivity contribution in [3.8, 4) is 0 Å². The molecule has 0 fully saturated rings. The van der Waals surface area contributed by atoms with Crippen molar-refractivity contribution in [3.63, 3.8) is 0 Å². The molecule has 0 amide bonds. The average molecular weight is 283 g/mol. The van der Waals surface area contributed by atoms with E-state index in [9.17, 15) is 9.59 Å². The van der Waals surface area contributed by atoms with Gasteiger partial charge in [0.2, 0.25) is 0 Å². The summed E-state index contributed by atoms with van der Waals surface area (Å²) in [4.78, 5) is 25.5. The van der Waals surface area contributed by atoms with E-state index in [0.717, 1.165) is 0 Å². The Bertz CT molecular complexity index is 408. The second kappa shape index (κ2) is 9.31. The van der Waals surface area contributed by atoms with Gasteiger partial charge < -0.3 is 14.4 Å². The molecule has 0 aliphatic heterocycles. The zero-order valence-electron chi connectivity index (χ0n) is 13.3. The summed E-state index contributed by atoms with van der Waals surface area (Å²) in [6.07, 6.45) is 2.12. The quantitative estimate of drug-likeness (QED) is 0.407. The Labute approximate surface area is 121 Å². The molecule has 0 spiro atoms. The molecule has 0 rings (SSSR count). The molecule has 0 N–H and O–H groups in total. The van der Waals surface area contributed by atoms with Crippen LogP contribution in [0.3, 0.4) is 0 Å². The third-order valence-electron chi connectivity index (χ3n) is 2.79. The van der Waals surface area contributed by atoms with E-state index >= 15 is 0 Å². The number of hydrogen-bond acceptors (Lipinski definition) is 5. The maximum Gasteiger partial charge on any atom is 0.338 e. The van der Waals surface area contributed by atoms with Crippen LogP contribution < -0.4 is 0 Å². The largest absolute Gasteiger partial charge is 0.461 e. The highest BCUT2D eigenvalue weighted by atomic mass is 16.5. The fraction of sp³-hybridized carbons (Fsp3) is 0.600. The predicted molar refractivity (Wildman–Crippen MR) is 78.0 cm³/mol. The minimum absolute atomic E-state index is 0.308. The SMILES string of the molecule is CC=C(C)C(=O)OC(CC)=C(C)C(=O)OCCN(C)C. The number of likely N-dealkylation sites (N-methyl/N-ethyl adjacent to an activating group) is 1. The van der Waals surface area contributed by atoms with Crippen molar-refractivity contribution in [1.82, 2.24) is 4.90 Å². The van der Waals surface area contributed by atoms with Crippen LogP contribution in [0.5, 0.6) is 0 Å². The smallest absolute Gasteiger partial charge is 0.338 e. The Hall–Kier alpha value is -1.62. The molecule has 114 valence electrons. The number of esters is 2. The minimum Gasteiger partial charge on any atom is -0.461 e. The van der Waals surface area contributed by atoms with Gasteiger partial charge in [0.05, 0.1) is 5.57 Å². The summed E-state index contributed by atoms with van der Waals surface area (Å²) < 4.78 is 10.3. The standard InChI is InChI=1S/C15H25NO4/c1-7-11(3)14(17)20-13(8-2)12(4)15(18)19-10-9-16(5)6/h7H,8-10H2,1-6H3. The Morgan fingerprint density at radius 3 is 2.20 bits per heavy atom. The monoisotopic (exact) mass is 283 g/mol. The number of nitrogens with zero attached hydrogens (tertiary/aromatic N) is 1. The van der Waals surface area contributed by atoms with E-state index < -0.39 is 11.9 Å². The van der Waals surface area contributed by atoms with Crippen molar-refractivity contribution >= 4 is 11.9 Å². The molecule has 0 unspecified atom stereocenters. The lowest BCUT2D eigenvalue weighted by atomic mass is 10.2. The lowest BCUT2D eigenvalue weighted by Gasteiger charge is -2.13. The topological polar surface area (TPSA) is 55.8 Å². The van der Waals surface area contributed by atoms with Gasteiger partial charge in [-0.05, 0) is 34.9 Å². The first-order chi connectivity index (χ1) is 9.33. The third-order valence-corrected chi connectivity index (χ3v) is 2.79. The van der Waals surface area contributed by atoms with Crippen LogP contribution >= 0.6 is 0 Å². The molecule has 0 saturated heterocycles. The summed E-state index contributed by atoms with van der Waals surface area (Å²) >= 11 is 0. The zero-order chi connectivity index (χ0) is 15.7. The summed E-state index contributed by atoms with van der Waals surface area (Å²) in [5, 5.41) is 0. The van der Waals surface area contributed by atoms with Crippen molar-refractivity contribution < 1.29 is 19.1 Å². The van der Waals surface area contributed by atoms with Crippen molar-refractivity contribution in [2.45, 2.75) is 34.1 Å². The van der Waals surface area contributed by atoms with Gasteiger partial charge in [0.15, 0.2) is 0 Å².